The van der Waals surface area contributed by atoms with Crippen molar-refractivity contribution in [2.45, 2.75) is 43.4 Å². The van der Waals surface area contributed by atoms with Crippen molar-refractivity contribution in [2.24, 2.45) is 5.92 Å². The van der Waals surface area contributed by atoms with Crippen LogP contribution in [-0.4, -0.2) is 58.6 Å². The highest BCUT2D eigenvalue weighted by Gasteiger charge is 2.80. The second-order valence-electron chi connectivity index (χ2n) is 11.5. The van der Waals surface area contributed by atoms with Crippen molar-refractivity contribution >= 4 is 17.6 Å². The first-order valence-corrected chi connectivity index (χ1v) is 14.2. The van der Waals surface area contributed by atoms with Gasteiger partial charge >= 0.3 is 6.18 Å². The zero-order valence-corrected chi connectivity index (χ0v) is 23.0. The number of morpholine rings is 1. The number of rotatable bonds is 7. The van der Waals surface area contributed by atoms with Crippen molar-refractivity contribution in [3.8, 4) is 17.2 Å². The topological polar surface area (TPSA) is 113 Å². The van der Waals surface area contributed by atoms with Crippen molar-refractivity contribution in [3.63, 3.8) is 0 Å². The number of pyridine rings is 1. The largest absolute Gasteiger partial charge is 0.508 e. The predicted octanol–water partition coefficient (Wildman–Crippen LogP) is 4.60. The molecule has 0 spiro atoms. The molecule has 9 nitrogen and oxygen atoms in total. The lowest BCUT2D eigenvalue weighted by atomic mass is 9.98. The van der Waals surface area contributed by atoms with Gasteiger partial charge in [-0.15, -0.1) is 0 Å². The second-order valence-corrected chi connectivity index (χ2v) is 11.5. The summed E-state index contributed by atoms with van der Waals surface area (Å²) < 4.78 is 53.4. The number of fused-ring (bicyclic) bond motifs is 2. The number of nitrogens with zero attached hydrogens (tertiary/aromatic N) is 2. The number of carbonyl (C=O) groups excluding carboxylic acids is 2. The Morgan fingerprint density at radius 2 is 1.98 bits per heavy atom. The zero-order valence-electron chi connectivity index (χ0n) is 23.0. The molecule has 2 amide bonds. The molecule has 3 heterocycles. The van der Waals surface area contributed by atoms with Crippen LogP contribution in [0.15, 0.2) is 48.7 Å². The molecular formula is C31H29F3N4O5. The van der Waals surface area contributed by atoms with E-state index in [1.54, 1.807) is 24.4 Å². The fourth-order valence-corrected chi connectivity index (χ4v) is 6.35. The molecule has 2 aromatic carbocycles. The summed E-state index contributed by atoms with van der Waals surface area (Å²) in [6.07, 6.45) is -1.58. The Balaban J connectivity index is 1.07. The molecule has 43 heavy (non-hydrogen) atoms. The zero-order chi connectivity index (χ0) is 29.9. The number of aromatic nitrogens is 1. The summed E-state index contributed by atoms with van der Waals surface area (Å²) in [5.41, 5.74) is 0.0187. The van der Waals surface area contributed by atoms with Gasteiger partial charge in [0.25, 0.3) is 5.91 Å². The number of hydrogen-bond donors (Lipinski definition) is 3. The fourth-order valence-electron chi connectivity index (χ4n) is 6.35. The predicted molar refractivity (Wildman–Crippen MR) is 148 cm³/mol. The number of phenols is 1. The normalized spacial score (nSPS) is 24.4. The first-order chi connectivity index (χ1) is 20.6. The molecular weight excluding hydrogens is 565 g/mol. The van der Waals surface area contributed by atoms with Crippen LogP contribution in [0.3, 0.4) is 0 Å². The minimum absolute atomic E-state index is 0.0500. The van der Waals surface area contributed by atoms with Gasteiger partial charge in [0, 0.05) is 54.9 Å². The summed E-state index contributed by atoms with van der Waals surface area (Å²) in [6.45, 7) is 2.17. The Labute approximate surface area is 245 Å². The molecule has 224 valence electrons. The maximum Gasteiger partial charge on any atom is 0.416 e. The third kappa shape index (κ3) is 5.18. The van der Waals surface area contributed by atoms with Gasteiger partial charge in [0.2, 0.25) is 5.91 Å². The fraction of sp³-hybridized carbons (Fsp3) is 0.387. The summed E-state index contributed by atoms with van der Waals surface area (Å²) in [4.78, 5) is 31.1. The summed E-state index contributed by atoms with van der Waals surface area (Å²) >= 11 is 0. The summed E-state index contributed by atoms with van der Waals surface area (Å²) in [7, 11) is 0. The van der Waals surface area contributed by atoms with Crippen molar-refractivity contribution in [1.29, 1.82) is 0 Å². The quantitative estimate of drug-likeness (QED) is 0.367. The molecule has 2 aliphatic carbocycles. The van der Waals surface area contributed by atoms with E-state index in [0.717, 1.165) is 11.6 Å². The first-order valence-electron chi connectivity index (χ1n) is 14.2. The highest BCUT2D eigenvalue weighted by atomic mass is 19.4. The van der Waals surface area contributed by atoms with E-state index in [1.807, 2.05) is 4.90 Å². The first kappa shape index (κ1) is 27.7. The number of alkyl halides is 3. The third-order valence-electron chi connectivity index (χ3n) is 8.86. The maximum atomic E-state index is 14.0. The van der Waals surface area contributed by atoms with E-state index in [2.05, 4.69) is 15.6 Å². The molecule has 7 rings (SSSR count). The van der Waals surface area contributed by atoms with Crippen LogP contribution in [0.4, 0.5) is 19.0 Å². The molecule has 0 bridgehead atoms. The third-order valence-corrected chi connectivity index (χ3v) is 8.86. The van der Waals surface area contributed by atoms with Crippen LogP contribution < -0.4 is 15.4 Å². The molecule has 0 unspecified atom stereocenters. The molecule has 3 N–H and O–H groups in total. The lowest BCUT2D eigenvalue weighted by Crippen LogP contribution is -2.36. The van der Waals surface area contributed by atoms with Gasteiger partial charge < -0.3 is 25.2 Å². The molecule has 3 atom stereocenters. The minimum Gasteiger partial charge on any atom is -0.508 e. The molecule has 1 aromatic heterocycles. The van der Waals surface area contributed by atoms with Gasteiger partial charge in [-0.3, -0.25) is 14.5 Å². The lowest BCUT2D eigenvalue weighted by Gasteiger charge is -2.27. The smallest absolute Gasteiger partial charge is 0.416 e. The van der Waals surface area contributed by atoms with Crippen LogP contribution in [0.2, 0.25) is 0 Å². The molecule has 0 radical (unpaired) electrons. The molecule has 3 fully saturated rings. The lowest BCUT2D eigenvalue weighted by molar-refractivity contribution is -0.138. The molecule has 2 saturated carbocycles. The monoisotopic (exact) mass is 594 g/mol. The van der Waals surface area contributed by atoms with Gasteiger partial charge in [-0.1, -0.05) is 6.07 Å². The van der Waals surface area contributed by atoms with Crippen molar-refractivity contribution < 1.29 is 37.3 Å². The van der Waals surface area contributed by atoms with Crippen LogP contribution >= 0.6 is 0 Å². The number of anilines is 1. The Morgan fingerprint density at radius 3 is 2.74 bits per heavy atom. The number of aromatic hydroxyl groups is 1. The van der Waals surface area contributed by atoms with Crippen molar-refractivity contribution in [1.82, 2.24) is 15.2 Å². The maximum absolute atomic E-state index is 14.0. The Kier molecular flexibility index (Phi) is 6.58. The van der Waals surface area contributed by atoms with Crippen LogP contribution in [-0.2, 0) is 28.7 Å². The van der Waals surface area contributed by atoms with Gasteiger partial charge in [-0.05, 0) is 60.7 Å². The highest BCUT2D eigenvalue weighted by molar-refractivity contribution is 5.96. The van der Waals surface area contributed by atoms with Crippen LogP contribution in [0.5, 0.6) is 17.2 Å². The summed E-state index contributed by atoms with van der Waals surface area (Å²) in [5, 5.41) is 16.4. The van der Waals surface area contributed by atoms with Crippen LogP contribution in [0.25, 0.3) is 0 Å². The van der Waals surface area contributed by atoms with E-state index in [9.17, 15) is 27.9 Å². The van der Waals surface area contributed by atoms with Gasteiger partial charge in [-0.25, -0.2) is 4.98 Å². The van der Waals surface area contributed by atoms with Gasteiger partial charge in [0.05, 0.1) is 24.3 Å². The summed E-state index contributed by atoms with van der Waals surface area (Å²) in [6, 6.07) is 10.3. The SMILES string of the molecule is O=C1CCc2c(Oc3ccc(O)c([C@@H]4[C@@H]5C[C@@]45NC(=O)c4ccc(CN5CCOCC5)c(C(F)(F)F)c4)c3)ccnc2N1. The highest BCUT2D eigenvalue weighted by Crippen LogP contribution is 2.77. The van der Waals surface area contributed by atoms with E-state index < -0.39 is 23.2 Å². The van der Waals surface area contributed by atoms with Gasteiger partial charge in [0.1, 0.15) is 23.1 Å². The number of benzene rings is 2. The molecule has 3 aromatic rings. The van der Waals surface area contributed by atoms with E-state index in [0.29, 0.717) is 68.4 Å². The number of hydrogen-bond acceptors (Lipinski definition) is 7. The molecule has 1 saturated heterocycles. The number of carbonyl (C=O) groups is 2. The standard InChI is InChI=1S/C31H29F3N4O5/c32-31(33,34)22-13-17(1-2-18(22)16-38-9-11-42-12-10-38)29(41)37-30-15-23(30)27(30)21-14-19(3-5-24(21)39)43-25-7-8-35-28-20(25)4-6-26(40)36-28/h1-3,5,7-8,13-14,23,27,39H,4,6,9-12,15-16H2,(H,37,41)(H,35,36,40)/t23-,27+,30-/m0/s1. The second kappa shape index (κ2) is 10.2. The average molecular weight is 595 g/mol. The van der Waals surface area contributed by atoms with Gasteiger partial charge in [0.15, 0.2) is 0 Å². The van der Waals surface area contributed by atoms with Crippen molar-refractivity contribution in [3.05, 3.63) is 76.5 Å². The Hall–Kier alpha value is -4.16. The Morgan fingerprint density at radius 1 is 1.16 bits per heavy atom. The van der Waals surface area contributed by atoms with Crippen LogP contribution in [0.1, 0.15) is 51.4 Å². The minimum atomic E-state index is -4.60. The number of phenolic OH excluding ortho intramolecular Hbond substituents is 1. The number of ether oxygens (including phenoxy) is 2. The van der Waals surface area contributed by atoms with E-state index in [1.165, 1.54) is 18.2 Å². The molecule has 4 aliphatic rings. The van der Waals surface area contributed by atoms with Crippen molar-refractivity contribution in [2.75, 3.05) is 31.6 Å². The van der Waals surface area contributed by atoms with Gasteiger partial charge in [-0.2, -0.15) is 13.2 Å². The Bertz CT molecular complexity index is 1620. The van der Waals surface area contributed by atoms with E-state index in [4.69, 9.17) is 9.47 Å². The average Bonchev–Trinajstić information content (AvgIpc) is 3.85. The molecule has 2 aliphatic heterocycles. The molecule has 12 heteroatoms. The number of halogens is 3. The summed E-state index contributed by atoms with van der Waals surface area (Å²) in [5.74, 6) is 0.723. The number of amides is 2. The van der Waals surface area contributed by atoms with E-state index >= 15 is 0 Å². The van der Waals surface area contributed by atoms with E-state index in [-0.39, 0.29) is 41.2 Å². The number of nitrogens with one attached hydrogen (secondary N) is 2. The van der Waals surface area contributed by atoms with Crippen LogP contribution in [0, 0.1) is 5.92 Å².